The predicted molar refractivity (Wildman–Crippen MR) is 94.7 cm³/mol. The lowest BCUT2D eigenvalue weighted by atomic mass is 10.2. The Morgan fingerprint density at radius 1 is 1.04 bits per heavy atom. The van der Waals surface area contributed by atoms with Gasteiger partial charge in [0.2, 0.25) is 0 Å². The maximum atomic E-state index is 9.59. The van der Waals surface area contributed by atoms with Crippen molar-refractivity contribution in [3.63, 3.8) is 0 Å². The molecule has 1 N–H and O–H groups in total. The Labute approximate surface area is 146 Å². The van der Waals surface area contributed by atoms with Gasteiger partial charge in [0.25, 0.3) is 0 Å². The lowest BCUT2D eigenvalue weighted by Crippen LogP contribution is -2.08. The van der Waals surface area contributed by atoms with E-state index in [0.29, 0.717) is 19.2 Å². The molecule has 0 saturated heterocycles. The van der Waals surface area contributed by atoms with Gasteiger partial charge in [0, 0.05) is 4.90 Å². The van der Waals surface area contributed by atoms with E-state index in [4.69, 9.17) is 4.74 Å². The molecule has 0 aliphatic rings. The van der Waals surface area contributed by atoms with Crippen molar-refractivity contribution in [3.8, 4) is 0 Å². The summed E-state index contributed by atoms with van der Waals surface area (Å²) in [6.45, 7) is 2.74. The number of hydrogen-bond acceptors (Lipinski definition) is 4. The van der Waals surface area contributed by atoms with E-state index in [1.807, 2.05) is 60.0 Å². The van der Waals surface area contributed by atoms with Crippen molar-refractivity contribution in [1.29, 1.82) is 0 Å². The van der Waals surface area contributed by atoms with Gasteiger partial charge in [0.1, 0.15) is 24.2 Å². The van der Waals surface area contributed by atoms with Crippen LogP contribution in [0.4, 0.5) is 0 Å². The van der Waals surface area contributed by atoms with E-state index in [9.17, 15) is 5.11 Å². The fraction of sp³-hybridized carbons (Fsp3) is 0.211. The average molecular weight is 340 g/mol. The summed E-state index contributed by atoms with van der Waals surface area (Å²) in [5.41, 5.74) is 2.02. The van der Waals surface area contributed by atoms with E-state index < -0.39 is 0 Å². The van der Waals surface area contributed by atoms with Crippen molar-refractivity contribution < 1.29 is 9.84 Å². The largest absolute Gasteiger partial charge is 0.388 e. The van der Waals surface area contributed by atoms with Crippen molar-refractivity contribution >= 4 is 11.8 Å². The monoisotopic (exact) mass is 340 g/mol. The predicted octanol–water partition coefficient (Wildman–Crippen LogP) is 4.01. The zero-order valence-corrected chi connectivity index (χ0v) is 14.4. The van der Waals surface area contributed by atoms with Crippen LogP contribution in [0.15, 0.2) is 70.6 Å². The van der Waals surface area contributed by atoms with Crippen molar-refractivity contribution in [2.45, 2.75) is 36.8 Å². The van der Waals surface area contributed by atoms with Gasteiger partial charge in [-0.3, -0.25) is 4.57 Å². The number of aliphatic hydroxyl groups excluding tert-OH is 1. The third-order valence-electron chi connectivity index (χ3n) is 3.59. The third kappa shape index (κ3) is 4.06. The van der Waals surface area contributed by atoms with E-state index in [2.05, 4.69) is 17.1 Å². The van der Waals surface area contributed by atoms with Gasteiger partial charge in [-0.25, -0.2) is 4.98 Å². The maximum absolute atomic E-state index is 9.59. The second kappa shape index (κ2) is 8.15. The summed E-state index contributed by atoms with van der Waals surface area (Å²) in [4.78, 5) is 5.60. The highest BCUT2D eigenvalue weighted by Crippen LogP contribution is 2.31. The number of ether oxygens (including phenoxy) is 1. The number of aryl methyl sites for hydroxylation is 1. The molecule has 5 heteroatoms. The lowest BCUT2D eigenvalue weighted by molar-refractivity contribution is 0.0544. The Bertz CT molecular complexity index is 773. The van der Waals surface area contributed by atoms with Gasteiger partial charge < -0.3 is 9.84 Å². The summed E-state index contributed by atoms with van der Waals surface area (Å²) in [5, 5.41) is 10.6. The summed E-state index contributed by atoms with van der Waals surface area (Å²) in [6, 6.07) is 20.2. The van der Waals surface area contributed by atoms with Gasteiger partial charge in [-0.05, 0) is 24.6 Å². The molecule has 3 aromatic rings. The molecule has 1 heterocycles. The Balaban J connectivity index is 1.75. The fourth-order valence-corrected chi connectivity index (χ4v) is 3.40. The van der Waals surface area contributed by atoms with Crippen LogP contribution in [0, 0.1) is 6.92 Å². The van der Waals surface area contributed by atoms with Crippen molar-refractivity contribution in [2.75, 3.05) is 0 Å². The highest BCUT2D eigenvalue weighted by molar-refractivity contribution is 7.99. The first-order valence-corrected chi connectivity index (χ1v) is 8.61. The molecule has 0 aliphatic carbocycles. The number of hydrogen-bond donors (Lipinski definition) is 1. The van der Waals surface area contributed by atoms with Crippen LogP contribution in [0.1, 0.15) is 17.1 Å². The van der Waals surface area contributed by atoms with Crippen molar-refractivity contribution in [1.82, 2.24) is 9.55 Å². The van der Waals surface area contributed by atoms with Crippen LogP contribution >= 0.6 is 11.8 Å². The van der Waals surface area contributed by atoms with Crippen LogP contribution < -0.4 is 0 Å². The molecule has 124 valence electrons. The average Bonchev–Trinajstić information content (AvgIpc) is 2.92. The molecule has 0 bridgehead atoms. The smallest absolute Gasteiger partial charge is 0.137 e. The summed E-state index contributed by atoms with van der Waals surface area (Å²) >= 11 is 1.63. The van der Waals surface area contributed by atoms with E-state index >= 15 is 0 Å². The topological polar surface area (TPSA) is 47.3 Å². The van der Waals surface area contributed by atoms with E-state index in [-0.39, 0.29) is 6.61 Å². The number of benzene rings is 2. The molecule has 0 aliphatic heterocycles. The van der Waals surface area contributed by atoms with Gasteiger partial charge in [0.15, 0.2) is 0 Å². The molecule has 0 saturated carbocycles. The SMILES string of the molecule is Cc1nc(CO)n(COCc2ccccc2)c1Sc1ccccc1. The molecular formula is C19H20N2O2S. The van der Waals surface area contributed by atoms with E-state index in [0.717, 1.165) is 21.2 Å². The first kappa shape index (κ1) is 16.8. The number of aromatic nitrogens is 2. The minimum Gasteiger partial charge on any atom is -0.388 e. The lowest BCUT2D eigenvalue weighted by Gasteiger charge is -2.12. The molecular weight excluding hydrogens is 320 g/mol. The van der Waals surface area contributed by atoms with Crippen molar-refractivity contribution in [3.05, 3.63) is 77.7 Å². The highest BCUT2D eigenvalue weighted by Gasteiger charge is 2.15. The second-order valence-corrected chi connectivity index (χ2v) is 6.45. The van der Waals surface area contributed by atoms with Crippen LogP contribution in [0.5, 0.6) is 0 Å². The standard InChI is InChI=1S/C19H20N2O2S/c1-15-19(24-17-10-6-3-7-11-17)21(18(12-22)20-15)14-23-13-16-8-4-2-5-9-16/h2-11,22H,12-14H2,1H3. The molecule has 0 unspecified atom stereocenters. The van der Waals surface area contributed by atoms with E-state index in [1.54, 1.807) is 11.8 Å². The Morgan fingerprint density at radius 2 is 1.71 bits per heavy atom. The molecule has 3 rings (SSSR count). The maximum Gasteiger partial charge on any atom is 0.137 e. The Morgan fingerprint density at radius 3 is 2.38 bits per heavy atom. The third-order valence-corrected chi connectivity index (χ3v) is 4.81. The summed E-state index contributed by atoms with van der Waals surface area (Å²) < 4.78 is 7.78. The molecule has 0 fully saturated rings. The minimum absolute atomic E-state index is 0.106. The molecule has 0 amide bonds. The zero-order valence-electron chi connectivity index (χ0n) is 13.6. The van der Waals surface area contributed by atoms with E-state index in [1.165, 1.54) is 0 Å². The molecule has 0 radical (unpaired) electrons. The fourth-order valence-electron chi connectivity index (χ4n) is 2.43. The van der Waals surface area contributed by atoms with Crippen LogP contribution in [-0.4, -0.2) is 14.7 Å². The highest BCUT2D eigenvalue weighted by atomic mass is 32.2. The first-order valence-electron chi connectivity index (χ1n) is 7.79. The number of nitrogens with zero attached hydrogens (tertiary/aromatic N) is 2. The van der Waals surface area contributed by atoms with Crippen LogP contribution in [-0.2, 0) is 24.7 Å². The molecule has 0 spiro atoms. The second-order valence-electron chi connectivity index (χ2n) is 5.38. The van der Waals surface area contributed by atoms with Gasteiger partial charge >= 0.3 is 0 Å². The Hall–Kier alpha value is -2.08. The van der Waals surface area contributed by atoms with Gasteiger partial charge in [-0.2, -0.15) is 0 Å². The summed E-state index contributed by atoms with van der Waals surface area (Å²) in [6.07, 6.45) is 0. The van der Waals surface area contributed by atoms with Gasteiger partial charge in [0.05, 0.1) is 12.3 Å². The number of rotatable bonds is 7. The molecule has 2 aromatic carbocycles. The molecule has 1 aromatic heterocycles. The van der Waals surface area contributed by atoms with Gasteiger partial charge in [-0.15, -0.1) is 0 Å². The zero-order chi connectivity index (χ0) is 16.8. The molecule has 4 nitrogen and oxygen atoms in total. The Kier molecular flexibility index (Phi) is 5.69. The minimum atomic E-state index is -0.106. The normalized spacial score (nSPS) is 10.9. The van der Waals surface area contributed by atoms with Crippen LogP contribution in [0.3, 0.4) is 0 Å². The van der Waals surface area contributed by atoms with Crippen molar-refractivity contribution in [2.24, 2.45) is 0 Å². The van der Waals surface area contributed by atoms with Gasteiger partial charge in [-0.1, -0.05) is 60.3 Å². The molecule has 24 heavy (non-hydrogen) atoms. The molecule has 0 atom stereocenters. The summed E-state index contributed by atoms with van der Waals surface area (Å²) in [5.74, 6) is 0.624. The van der Waals surface area contributed by atoms with Crippen LogP contribution in [0.2, 0.25) is 0 Å². The number of imidazole rings is 1. The van der Waals surface area contributed by atoms with Crippen LogP contribution in [0.25, 0.3) is 0 Å². The summed E-state index contributed by atoms with van der Waals surface area (Å²) in [7, 11) is 0. The number of aliphatic hydroxyl groups is 1. The quantitative estimate of drug-likeness (QED) is 0.706. The first-order chi connectivity index (χ1) is 11.8.